The van der Waals surface area contributed by atoms with Crippen LogP contribution in [0.2, 0.25) is 0 Å². The van der Waals surface area contributed by atoms with E-state index in [1.54, 1.807) is 19.1 Å². The van der Waals surface area contributed by atoms with Crippen molar-refractivity contribution in [2.24, 2.45) is 0 Å². The molecule has 1 atom stereocenters. The summed E-state index contributed by atoms with van der Waals surface area (Å²) in [6.45, 7) is 12.1. The molecule has 0 aliphatic carbocycles. The van der Waals surface area contributed by atoms with Crippen molar-refractivity contribution in [1.82, 2.24) is 10.6 Å². The van der Waals surface area contributed by atoms with E-state index in [1.165, 1.54) is 0 Å². The Balaban J connectivity index is 2.90. The van der Waals surface area contributed by atoms with E-state index in [0.29, 0.717) is 23.5 Å². The molecule has 0 bridgehead atoms. The van der Waals surface area contributed by atoms with Gasteiger partial charge in [-0.2, -0.15) is 0 Å². The third-order valence-corrected chi connectivity index (χ3v) is 3.52. The van der Waals surface area contributed by atoms with Crippen LogP contribution < -0.4 is 16.0 Å². The first-order valence-corrected chi connectivity index (χ1v) is 8.50. The first-order valence-electron chi connectivity index (χ1n) is 8.50. The maximum Gasteiger partial charge on any atom is 0.257 e. The third-order valence-electron chi connectivity index (χ3n) is 3.52. The van der Waals surface area contributed by atoms with Gasteiger partial charge in [0.15, 0.2) is 0 Å². The lowest BCUT2D eigenvalue weighted by molar-refractivity contribution is -0.599. The van der Waals surface area contributed by atoms with Crippen molar-refractivity contribution < 1.29 is 24.4 Å². The highest BCUT2D eigenvalue weighted by molar-refractivity contribution is 6.04. The summed E-state index contributed by atoms with van der Waals surface area (Å²) in [7, 11) is 0. The smallest absolute Gasteiger partial charge is 0.257 e. The van der Waals surface area contributed by atoms with Gasteiger partial charge >= 0.3 is 0 Å². The van der Waals surface area contributed by atoms with Gasteiger partial charge in [0.05, 0.1) is 18.2 Å². The van der Waals surface area contributed by atoms with Gasteiger partial charge in [0.25, 0.3) is 5.91 Å². The van der Waals surface area contributed by atoms with Crippen molar-refractivity contribution in [2.75, 3.05) is 6.54 Å². The number of hydrogen-bond donors (Lipinski definition) is 3. The molecule has 7 heteroatoms. The van der Waals surface area contributed by atoms with Crippen LogP contribution in [0.1, 0.15) is 40.5 Å². The van der Waals surface area contributed by atoms with E-state index in [9.17, 15) is 14.4 Å². The topological polar surface area (TPSA) is 101 Å². The van der Waals surface area contributed by atoms with E-state index in [2.05, 4.69) is 17.2 Å². The normalized spacial score (nSPS) is 18.8. The molecule has 0 aromatic heterocycles. The zero-order valence-electron chi connectivity index (χ0n) is 15.3. The number of ether oxygens (including phenoxy) is 1. The highest BCUT2D eigenvalue weighted by Gasteiger charge is 2.29. The Morgan fingerprint density at radius 1 is 1.48 bits per heavy atom. The van der Waals surface area contributed by atoms with Gasteiger partial charge in [-0.1, -0.05) is 12.7 Å². The van der Waals surface area contributed by atoms with Gasteiger partial charge in [-0.25, -0.2) is 0 Å². The highest BCUT2D eigenvalue weighted by atomic mass is 16.5. The van der Waals surface area contributed by atoms with E-state index in [1.807, 2.05) is 26.1 Å². The quantitative estimate of drug-likeness (QED) is 0.253. The largest absolute Gasteiger partial charge is 0.491 e. The van der Waals surface area contributed by atoms with E-state index in [-0.39, 0.29) is 24.3 Å². The summed E-state index contributed by atoms with van der Waals surface area (Å²) in [6.07, 6.45) is 3.89. The molecule has 1 heterocycles. The molecular formula is C18H28N3O4+. The van der Waals surface area contributed by atoms with E-state index in [4.69, 9.17) is 4.74 Å². The molecule has 1 unspecified atom stereocenters. The molecule has 1 saturated heterocycles. The average molecular weight is 350 g/mol. The number of rotatable bonds is 8. The van der Waals surface area contributed by atoms with Gasteiger partial charge in [-0.15, -0.1) is 0 Å². The van der Waals surface area contributed by atoms with Crippen LogP contribution in [-0.2, 0) is 19.1 Å². The van der Waals surface area contributed by atoms with Crippen molar-refractivity contribution in [1.29, 1.82) is 0 Å². The van der Waals surface area contributed by atoms with E-state index >= 15 is 0 Å². The van der Waals surface area contributed by atoms with Crippen LogP contribution in [0.15, 0.2) is 35.8 Å². The van der Waals surface area contributed by atoms with Gasteiger partial charge in [-0.05, 0) is 34.1 Å². The minimum Gasteiger partial charge on any atom is -0.491 e. The summed E-state index contributed by atoms with van der Waals surface area (Å²) < 4.78 is 5.53. The molecule has 0 spiro atoms. The number of piperidine rings is 1. The SMILES string of the molecule is C=C(/C=C([NH2+]CC)\C(=C/C)C(=O)NC1CCC(=O)NC1=O)OC(C)C. The summed E-state index contributed by atoms with van der Waals surface area (Å²) >= 11 is 0. The van der Waals surface area contributed by atoms with Crippen LogP contribution in [0.4, 0.5) is 0 Å². The number of hydrogen-bond acceptors (Lipinski definition) is 4. The fourth-order valence-electron chi connectivity index (χ4n) is 2.47. The fraction of sp³-hybridized carbons (Fsp3) is 0.500. The van der Waals surface area contributed by atoms with Gasteiger partial charge in [0.2, 0.25) is 11.8 Å². The van der Waals surface area contributed by atoms with Crippen molar-refractivity contribution >= 4 is 17.7 Å². The summed E-state index contributed by atoms with van der Waals surface area (Å²) in [4.78, 5) is 35.6. The Hall–Kier alpha value is -2.41. The number of carbonyl (C=O) groups is 3. The maximum atomic E-state index is 12.6. The van der Waals surface area contributed by atoms with Gasteiger partial charge < -0.3 is 15.4 Å². The Kier molecular flexibility index (Phi) is 8.07. The second kappa shape index (κ2) is 9.78. The van der Waals surface area contributed by atoms with Crippen LogP contribution in [0.25, 0.3) is 0 Å². The zero-order valence-corrected chi connectivity index (χ0v) is 15.3. The summed E-state index contributed by atoms with van der Waals surface area (Å²) in [6, 6.07) is -0.710. The van der Waals surface area contributed by atoms with Crippen LogP contribution in [0.3, 0.4) is 0 Å². The number of amides is 3. The Morgan fingerprint density at radius 3 is 2.68 bits per heavy atom. The highest BCUT2D eigenvalue weighted by Crippen LogP contribution is 2.11. The number of quaternary nitrogens is 1. The van der Waals surface area contributed by atoms with Gasteiger partial charge in [0, 0.05) is 12.5 Å². The molecule has 7 nitrogen and oxygen atoms in total. The Bertz CT molecular complexity index is 605. The average Bonchev–Trinajstić information content (AvgIpc) is 2.50. The molecule has 0 saturated carbocycles. The Morgan fingerprint density at radius 2 is 2.16 bits per heavy atom. The van der Waals surface area contributed by atoms with Crippen LogP contribution in [0, 0.1) is 0 Å². The summed E-state index contributed by atoms with van der Waals surface area (Å²) in [5.74, 6) is -0.699. The summed E-state index contributed by atoms with van der Waals surface area (Å²) in [5, 5.41) is 6.82. The van der Waals surface area contributed by atoms with Crippen molar-refractivity contribution in [2.45, 2.75) is 52.7 Å². The predicted octanol–water partition coefficient (Wildman–Crippen LogP) is 0.260. The van der Waals surface area contributed by atoms with E-state index < -0.39 is 11.9 Å². The minimum absolute atomic E-state index is 0.0158. The zero-order chi connectivity index (χ0) is 19.0. The standard InChI is InChI=1S/C18H27N3O4/c1-6-13(15(19-7-2)10-12(5)25-11(3)4)17(23)20-14-8-9-16(22)21-18(14)24/h6,10-11,14,19H,5,7-9H2,1-4H3,(H,20,23)(H,21,22,24)/p+1/b13-6+,15-10+. The third kappa shape index (κ3) is 6.54. The minimum atomic E-state index is -0.710. The van der Waals surface area contributed by atoms with Gasteiger partial charge in [0.1, 0.15) is 17.5 Å². The number of nitrogens with two attached hydrogens (primary N) is 1. The van der Waals surface area contributed by atoms with Crippen molar-refractivity contribution in [3.8, 4) is 0 Å². The molecule has 1 fully saturated rings. The Labute approximate surface area is 148 Å². The molecule has 1 aliphatic heterocycles. The molecule has 138 valence electrons. The van der Waals surface area contributed by atoms with Crippen LogP contribution in [0.5, 0.6) is 0 Å². The van der Waals surface area contributed by atoms with Gasteiger partial charge in [-0.3, -0.25) is 19.7 Å². The van der Waals surface area contributed by atoms with Crippen LogP contribution >= 0.6 is 0 Å². The number of likely N-dealkylation sites (N-methyl/N-ethyl adjacent to an activating group) is 1. The summed E-state index contributed by atoms with van der Waals surface area (Å²) in [5.41, 5.74) is 1.11. The second-order valence-corrected chi connectivity index (χ2v) is 6.02. The first kappa shape index (κ1) is 20.6. The molecule has 25 heavy (non-hydrogen) atoms. The lowest BCUT2D eigenvalue weighted by atomic mass is 10.0. The molecule has 0 aromatic rings. The molecule has 0 radical (unpaired) electrons. The number of allylic oxidation sites excluding steroid dienone is 2. The molecule has 4 N–H and O–H groups in total. The molecule has 0 aromatic carbocycles. The van der Waals surface area contributed by atoms with Crippen LogP contribution in [-0.4, -0.2) is 36.4 Å². The predicted molar refractivity (Wildman–Crippen MR) is 94.0 cm³/mol. The number of carbonyl (C=O) groups excluding carboxylic acids is 3. The number of imide groups is 1. The monoisotopic (exact) mass is 350 g/mol. The van der Waals surface area contributed by atoms with Crippen molar-refractivity contribution in [3.05, 3.63) is 35.8 Å². The van der Waals surface area contributed by atoms with Crippen molar-refractivity contribution in [3.63, 3.8) is 0 Å². The molecule has 1 aliphatic rings. The second-order valence-electron chi connectivity index (χ2n) is 6.02. The lowest BCUT2D eigenvalue weighted by Gasteiger charge is -2.22. The van der Waals surface area contributed by atoms with E-state index in [0.717, 1.165) is 6.54 Å². The molecule has 3 amide bonds. The maximum absolute atomic E-state index is 12.6. The molecule has 1 rings (SSSR count). The fourth-order valence-corrected chi connectivity index (χ4v) is 2.47. The lowest BCUT2D eigenvalue weighted by Crippen LogP contribution is -2.82. The number of nitrogens with one attached hydrogen (secondary N) is 2. The molecular weight excluding hydrogens is 322 g/mol. The first-order chi connectivity index (χ1) is 11.8.